The maximum Gasteiger partial charge on any atom is 0.406 e. The molecule has 2 aromatic rings. The largest absolute Gasteiger partial charge is 0.493 e. The molecule has 0 aliphatic heterocycles. The van der Waals surface area contributed by atoms with Crippen LogP contribution in [0.3, 0.4) is 0 Å². The summed E-state index contributed by atoms with van der Waals surface area (Å²) in [6, 6.07) is 4.21. The Balaban J connectivity index is 2.20. The summed E-state index contributed by atoms with van der Waals surface area (Å²) < 4.78 is 59.8. The lowest BCUT2D eigenvalue weighted by Gasteiger charge is -2.15. The Labute approximate surface area is 171 Å². The second-order valence-corrected chi connectivity index (χ2v) is 6.37. The Hall–Kier alpha value is -3.17. The number of ketones is 1. The highest BCUT2D eigenvalue weighted by molar-refractivity contribution is 6.01. The van der Waals surface area contributed by atoms with E-state index in [1.54, 1.807) is 0 Å². The molecule has 0 bridgehead atoms. The molecule has 1 aromatic heterocycles. The molecule has 1 aromatic carbocycles. The molecule has 0 saturated carbocycles. The van der Waals surface area contributed by atoms with E-state index in [1.165, 1.54) is 53.4 Å². The minimum atomic E-state index is -4.43. The van der Waals surface area contributed by atoms with Crippen LogP contribution in [0.15, 0.2) is 18.2 Å². The summed E-state index contributed by atoms with van der Waals surface area (Å²) in [5, 5.41) is 0. The fourth-order valence-corrected chi connectivity index (χ4v) is 3.05. The highest BCUT2D eigenvalue weighted by Gasteiger charge is 2.30. The molecule has 0 N–H and O–H groups in total. The lowest BCUT2D eigenvalue weighted by Crippen LogP contribution is -2.20. The number of methoxy groups -OCH3 is 3. The van der Waals surface area contributed by atoms with Crippen LogP contribution in [0.2, 0.25) is 0 Å². The van der Waals surface area contributed by atoms with Gasteiger partial charge in [-0.15, -0.1) is 0 Å². The van der Waals surface area contributed by atoms with Gasteiger partial charge in [-0.05, 0) is 32.0 Å². The summed E-state index contributed by atoms with van der Waals surface area (Å²) in [5.74, 6) is -0.900. The molecule has 0 aliphatic carbocycles. The molecule has 1 heterocycles. The maximum absolute atomic E-state index is 12.7. The lowest BCUT2D eigenvalue weighted by molar-refractivity contribution is -0.141. The van der Waals surface area contributed by atoms with Gasteiger partial charge in [-0.3, -0.25) is 4.79 Å². The van der Waals surface area contributed by atoms with Crippen LogP contribution in [-0.4, -0.2) is 50.4 Å². The predicted octanol–water partition coefficient (Wildman–Crippen LogP) is 3.73. The summed E-state index contributed by atoms with van der Waals surface area (Å²) in [6.45, 7) is 1.02. The number of ether oxygens (including phenoxy) is 4. The molecular weight excluding hydrogens is 407 g/mol. The molecule has 0 atom stereocenters. The van der Waals surface area contributed by atoms with Gasteiger partial charge in [0.05, 0.1) is 21.3 Å². The zero-order valence-corrected chi connectivity index (χ0v) is 17.2. The highest BCUT2D eigenvalue weighted by atomic mass is 19.4. The van der Waals surface area contributed by atoms with Crippen molar-refractivity contribution in [1.29, 1.82) is 0 Å². The van der Waals surface area contributed by atoms with Gasteiger partial charge in [0, 0.05) is 17.0 Å². The zero-order valence-electron chi connectivity index (χ0n) is 17.2. The van der Waals surface area contributed by atoms with E-state index in [0.717, 1.165) is 4.57 Å². The van der Waals surface area contributed by atoms with Gasteiger partial charge >= 0.3 is 12.1 Å². The average molecular weight is 429 g/mol. The minimum Gasteiger partial charge on any atom is -0.493 e. The molecule has 0 unspecified atom stereocenters. The molecule has 0 fully saturated rings. The normalized spacial score (nSPS) is 11.2. The Morgan fingerprint density at radius 3 is 2.13 bits per heavy atom. The van der Waals surface area contributed by atoms with Crippen molar-refractivity contribution >= 4 is 11.8 Å². The van der Waals surface area contributed by atoms with Crippen LogP contribution in [0.1, 0.15) is 32.1 Å². The van der Waals surface area contributed by atoms with Crippen LogP contribution in [-0.2, 0) is 11.3 Å². The van der Waals surface area contributed by atoms with Gasteiger partial charge < -0.3 is 23.5 Å². The van der Waals surface area contributed by atoms with Crippen LogP contribution in [0.5, 0.6) is 17.2 Å². The Bertz CT molecular complexity index is 949. The first-order chi connectivity index (χ1) is 14.0. The zero-order chi connectivity index (χ0) is 22.6. The quantitative estimate of drug-likeness (QED) is 0.470. The molecule has 0 radical (unpaired) electrons. The van der Waals surface area contributed by atoms with Gasteiger partial charge in [0.1, 0.15) is 12.1 Å². The number of hydrogen-bond donors (Lipinski definition) is 0. The highest BCUT2D eigenvalue weighted by Crippen LogP contribution is 2.40. The number of carbonyl (C=O) groups excluding carboxylic acids is 2. The fourth-order valence-electron chi connectivity index (χ4n) is 3.05. The average Bonchev–Trinajstić information content (AvgIpc) is 2.97. The van der Waals surface area contributed by atoms with Crippen LogP contribution in [0.4, 0.5) is 13.2 Å². The molecule has 0 amide bonds. The predicted molar refractivity (Wildman–Crippen MR) is 101 cm³/mol. The van der Waals surface area contributed by atoms with E-state index in [0.29, 0.717) is 5.75 Å². The molecule has 7 nitrogen and oxygen atoms in total. The number of benzene rings is 1. The van der Waals surface area contributed by atoms with Gasteiger partial charge in [-0.1, -0.05) is 0 Å². The standard InChI is InChI=1S/C20H22F3NO6/c1-11-8-14(12(2)24(11)10-20(21,22)23)15(25)9-30-19(26)13-6-7-16(27-3)18(29-5)17(13)28-4/h6-8H,9-10H2,1-5H3. The number of aryl methyl sites for hydroxylation is 1. The monoisotopic (exact) mass is 429 g/mol. The second kappa shape index (κ2) is 9.10. The Kier molecular flexibility index (Phi) is 7.01. The van der Waals surface area contributed by atoms with E-state index in [2.05, 4.69) is 0 Å². The molecule has 164 valence electrons. The van der Waals surface area contributed by atoms with Crippen molar-refractivity contribution in [2.75, 3.05) is 27.9 Å². The third kappa shape index (κ3) is 4.87. The molecule has 0 spiro atoms. The van der Waals surface area contributed by atoms with E-state index in [-0.39, 0.29) is 34.0 Å². The Morgan fingerprint density at radius 1 is 0.967 bits per heavy atom. The minimum absolute atomic E-state index is 0.00509. The smallest absolute Gasteiger partial charge is 0.406 e. The first kappa shape index (κ1) is 23.1. The molecule has 30 heavy (non-hydrogen) atoms. The molecule has 10 heteroatoms. The number of alkyl halides is 3. The Morgan fingerprint density at radius 2 is 1.60 bits per heavy atom. The van der Waals surface area contributed by atoms with Crippen molar-refractivity contribution in [2.24, 2.45) is 0 Å². The van der Waals surface area contributed by atoms with Crippen LogP contribution >= 0.6 is 0 Å². The van der Waals surface area contributed by atoms with Gasteiger partial charge in [-0.25, -0.2) is 4.79 Å². The van der Waals surface area contributed by atoms with Crippen molar-refractivity contribution in [3.63, 3.8) is 0 Å². The first-order valence-electron chi connectivity index (χ1n) is 8.76. The van der Waals surface area contributed by atoms with E-state index >= 15 is 0 Å². The van der Waals surface area contributed by atoms with E-state index < -0.39 is 31.1 Å². The third-order valence-electron chi connectivity index (χ3n) is 4.47. The number of Topliss-reactive ketones (excluding diaryl/α,β-unsaturated/α-hetero) is 1. The molecule has 0 saturated heterocycles. The van der Waals surface area contributed by atoms with Gasteiger partial charge in [0.25, 0.3) is 0 Å². The number of nitrogens with zero attached hydrogens (tertiary/aromatic N) is 1. The van der Waals surface area contributed by atoms with E-state index in [4.69, 9.17) is 18.9 Å². The molecule has 2 rings (SSSR count). The van der Waals surface area contributed by atoms with Gasteiger partial charge in [-0.2, -0.15) is 13.2 Å². The summed E-state index contributed by atoms with van der Waals surface area (Å²) in [4.78, 5) is 24.9. The third-order valence-corrected chi connectivity index (χ3v) is 4.47. The number of aromatic nitrogens is 1. The summed E-state index contributed by atoms with van der Waals surface area (Å²) >= 11 is 0. The fraction of sp³-hybridized carbons (Fsp3) is 0.400. The number of carbonyl (C=O) groups is 2. The van der Waals surface area contributed by atoms with Gasteiger partial charge in [0.15, 0.2) is 18.1 Å². The van der Waals surface area contributed by atoms with Crippen LogP contribution < -0.4 is 14.2 Å². The number of rotatable bonds is 8. The number of halogens is 3. The number of hydrogen-bond acceptors (Lipinski definition) is 6. The summed E-state index contributed by atoms with van der Waals surface area (Å²) in [5.41, 5.74) is 0.491. The molecular formula is C20H22F3NO6. The SMILES string of the molecule is COc1ccc(C(=O)OCC(=O)c2cc(C)n(CC(F)(F)F)c2C)c(OC)c1OC. The summed E-state index contributed by atoms with van der Waals surface area (Å²) in [6.07, 6.45) is -4.43. The van der Waals surface area contributed by atoms with Crippen molar-refractivity contribution in [3.05, 3.63) is 40.7 Å². The summed E-state index contributed by atoms with van der Waals surface area (Å²) in [7, 11) is 4.12. The van der Waals surface area contributed by atoms with E-state index in [1.807, 2.05) is 0 Å². The molecule has 0 aliphatic rings. The second-order valence-electron chi connectivity index (χ2n) is 6.37. The van der Waals surface area contributed by atoms with Crippen LogP contribution in [0.25, 0.3) is 0 Å². The first-order valence-corrected chi connectivity index (χ1v) is 8.76. The van der Waals surface area contributed by atoms with Crippen molar-refractivity contribution in [1.82, 2.24) is 4.57 Å². The topological polar surface area (TPSA) is 76.0 Å². The van der Waals surface area contributed by atoms with E-state index in [9.17, 15) is 22.8 Å². The van der Waals surface area contributed by atoms with Crippen molar-refractivity contribution in [3.8, 4) is 17.2 Å². The van der Waals surface area contributed by atoms with Crippen molar-refractivity contribution < 1.29 is 41.7 Å². The van der Waals surface area contributed by atoms with Gasteiger partial charge in [0.2, 0.25) is 11.5 Å². The van der Waals surface area contributed by atoms with Crippen LogP contribution in [0, 0.1) is 13.8 Å². The lowest BCUT2D eigenvalue weighted by atomic mass is 10.1. The maximum atomic E-state index is 12.7. The van der Waals surface area contributed by atoms with Crippen molar-refractivity contribution in [2.45, 2.75) is 26.6 Å². The number of esters is 1.